The number of hydrogen-bond donors (Lipinski definition) is 1. The molecule has 0 aromatic rings. The molecule has 1 aliphatic rings. The molecule has 1 aliphatic heterocycles. The molecular weight excluding hydrogens is 358 g/mol. The summed E-state index contributed by atoms with van der Waals surface area (Å²) in [6.45, 7) is 13.2. The Morgan fingerprint density at radius 3 is 2.38 bits per heavy atom. The van der Waals surface area contributed by atoms with Crippen LogP contribution in [-0.4, -0.2) is 63.3 Å². The van der Waals surface area contributed by atoms with Gasteiger partial charge in [-0.2, -0.15) is 0 Å². The van der Waals surface area contributed by atoms with Crippen LogP contribution in [-0.2, 0) is 23.4 Å². The van der Waals surface area contributed by atoms with Crippen LogP contribution in [0.3, 0.4) is 0 Å². The first-order valence-electron chi connectivity index (χ1n) is 8.56. The predicted octanol–water partition coefficient (Wildman–Crippen LogP) is 2.74. The number of methoxy groups -OCH3 is 1. The first-order valence-corrected chi connectivity index (χ1v) is 11.5. The summed E-state index contributed by atoms with van der Waals surface area (Å²) in [7, 11) is -1.04. The van der Waals surface area contributed by atoms with Crippen LogP contribution in [0.25, 0.3) is 10.4 Å². The molecule has 1 fully saturated rings. The van der Waals surface area contributed by atoms with Crippen molar-refractivity contribution in [3.63, 3.8) is 0 Å². The van der Waals surface area contributed by atoms with Crippen LogP contribution in [0.1, 0.15) is 34.6 Å². The Labute approximate surface area is 155 Å². The number of azide groups is 1. The van der Waals surface area contributed by atoms with Gasteiger partial charge in [0.1, 0.15) is 6.10 Å². The van der Waals surface area contributed by atoms with Gasteiger partial charge < -0.3 is 23.7 Å². The summed E-state index contributed by atoms with van der Waals surface area (Å²) in [6.07, 6.45) is -2.85. The number of hydrogen-bond acceptors (Lipinski definition) is 7. The first-order chi connectivity index (χ1) is 11.8. The van der Waals surface area contributed by atoms with Crippen molar-refractivity contribution in [1.82, 2.24) is 0 Å². The number of aliphatic hydroxyl groups excluding tert-OH is 1. The maximum Gasteiger partial charge on any atom is 0.337 e. The highest BCUT2D eigenvalue weighted by atomic mass is 28.4. The molecule has 0 spiro atoms. The van der Waals surface area contributed by atoms with Crippen LogP contribution in [0.5, 0.6) is 0 Å². The van der Waals surface area contributed by atoms with Crippen molar-refractivity contribution in [1.29, 1.82) is 0 Å². The standard InChI is InChI=1S/C16H31N3O6Si/c1-15(2,3)26(7,8)25-10(9-20)11(18-19-17)12-13(14(21)22-6)24-16(4,5)23-12/h10-13,20H,9H2,1-8H3/t10-,11+,12+,13+/m1/s1. The highest BCUT2D eigenvalue weighted by Crippen LogP contribution is 2.39. The summed E-state index contributed by atoms with van der Waals surface area (Å²) in [5, 5.41) is 13.6. The van der Waals surface area contributed by atoms with Crippen molar-refractivity contribution in [2.75, 3.05) is 13.7 Å². The highest BCUT2D eigenvalue weighted by Gasteiger charge is 2.52. The van der Waals surface area contributed by atoms with Crippen molar-refractivity contribution >= 4 is 14.3 Å². The van der Waals surface area contributed by atoms with Gasteiger partial charge in [0.15, 0.2) is 20.2 Å². The Bertz CT molecular complexity index is 557. The van der Waals surface area contributed by atoms with Gasteiger partial charge in [0.25, 0.3) is 0 Å². The molecule has 26 heavy (non-hydrogen) atoms. The van der Waals surface area contributed by atoms with E-state index < -0.39 is 44.4 Å². The smallest absolute Gasteiger partial charge is 0.337 e. The second kappa shape index (κ2) is 8.24. The van der Waals surface area contributed by atoms with E-state index in [0.717, 1.165) is 0 Å². The van der Waals surface area contributed by atoms with Crippen molar-refractivity contribution in [2.45, 2.75) is 82.9 Å². The van der Waals surface area contributed by atoms with Gasteiger partial charge in [-0.15, -0.1) is 0 Å². The minimum Gasteiger partial charge on any atom is -0.467 e. The van der Waals surface area contributed by atoms with Crippen LogP contribution >= 0.6 is 0 Å². The minimum atomic E-state index is -2.28. The number of esters is 1. The van der Waals surface area contributed by atoms with E-state index in [2.05, 4.69) is 30.8 Å². The van der Waals surface area contributed by atoms with E-state index in [1.165, 1.54) is 7.11 Å². The molecule has 4 atom stereocenters. The zero-order chi connectivity index (χ0) is 20.3. The van der Waals surface area contributed by atoms with Gasteiger partial charge in [0.2, 0.25) is 0 Å². The largest absolute Gasteiger partial charge is 0.467 e. The Morgan fingerprint density at radius 1 is 1.38 bits per heavy atom. The van der Waals surface area contributed by atoms with E-state index >= 15 is 0 Å². The fraction of sp³-hybridized carbons (Fsp3) is 0.938. The number of nitrogens with zero attached hydrogens (tertiary/aromatic N) is 3. The Balaban J connectivity index is 3.22. The first kappa shape index (κ1) is 22.9. The molecule has 1 N–H and O–H groups in total. The maximum atomic E-state index is 12.1. The van der Waals surface area contributed by atoms with Crippen LogP contribution in [0.2, 0.25) is 18.1 Å². The molecule has 0 amide bonds. The Kier molecular flexibility index (Phi) is 7.25. The fourth-order valence-corrected chi connectivity index (χ4v) is 3.84. The summed E-state index contributed by atoms with van der Waals surface area (Å²) in [5.74, 6) is -1.70. The Hall–Kier alpha value is -1.16. The summed E-state index contributed by atoms with van der Waals surface area (Å²) < 4.78 is 22.5. The van der Waals surface area contributed by atoms with E-state index in [1.807, 2.05) is 13.1 Å². The number of carbonyl (C=O) groups excluding carboxylic acids is 1. The third-order valence-corrected chi connectivity index (χ3v) is 9.40. The second-order valence-electron chi connectivity index (χ2n) is 8.34. The normalized spacial score (nSPS) is 25.3. The van der Waals surface area contributed by atoms with Crippen LogP contribution in [0, 0.1) is 0 Å². The monoisotopic (exact) mass is 389 g/mol. The maximum absolute atomic E-state index is 12.1. The molecule has 150 valence electrons. The summed E-state index contributed by atoms with van der Waals surface area (Å²) >= 11 is 0. The lowest BCUT2D eigenvalue weighted by molar-refractivity contribution is -0.168. The van der Waals surface area contributed by atoms with E-state index in [0.29, 0.717) is 0 Å². The van der Waals surface area contributed by atoms with Crippen molar-refractivity contribution < 1.29 is 28.5 Å². The number of rotatable bonds is 7. The van der Waals surface area contributed by atoms with E-state index in [-0.39, 0.29) is 11.6 Å². The molecule has 0 bridgehead atoms. The average Bonchev–Trinajstić information content (AvgIpc) is 2.84. The van der Waals surface area contributed by atoms with Crippen molar-refractivity contribution in [2.24, 2.45) is 5.11 Å². The molecule has 1 rings (SSSR count). The van der Waals surface area contributed by atoms with E-state index in [1.54, 1.807) is 13.8 Å². The Morgan fingerprint density at radius 2 is 1.96 bits per heavy atom. The molecule has 0 aromatic carbocycles. The third-order valence-electron chi connectivity index (χ3n) is 4.90. The van der Waals surface area contributed by atoms with Crippen molar-refractivity contribution in [3.05, 3.63) is 10.4 Å². The predicted molar refractivity (Wildman–Crippen MR) is 97.9 cm³/mol. The molecule has 0 radical (unpaired) electrons. The number of carbonyl (C=O) groups is 1. The molecule has 9 nitrogen and oxygen atoms in total. The SMILES string of the molecule is COC(=O)[C@H]1OC(C)(C)O[C@H]1[C@@H](N=[N+]=[N-])[C@@H](CO)O[Si](C)(C)C(C)(C)C. The average molecular weight is 390 g/mol. The van der Waals surface area contributed by atoms with E-state index in [9.17, 15) is 9.90 Å². The molecule has 0 aliphatic carbocycles. The topological polar surface area (TPSA) is 123 Å². The number of aliphatic hydroxyl groups is 1. The minimum absolute atomic E-state index is 0.116. The molecule has 10 heteroatoms. The third kappa shape index (κ3) is 5.18. The van der Waals surface area contributed by atoms with Gasteiger partial charge in [-0.25, -0.2) is 4.79 Å². The van der Waals surface area contributed by atoms with Gasteiger partial charge in [0, 0.05) is 4.91 Å². The van der Waals surface area contributed by atoms with Gasteiger partial charge in [0.05, 0.1) is 25.9 Å². The molecule has 0 aromatic heterocycles. The lowest BCUT2D eigenvalue weighted by Gasteiger charge is -2.41. The summed E-state index contributed by atoms with van der Waals surface area (Å²) in [4.78, 5) is 15.0. The van der Waals surface area contributed by atoms with Crippen molar-refractivity contribution in [3.8, 4) is 0 Å². The zero-order valence-corrected chi connectivity index (χ0v) is 17.8. The molecule has 1 heterocycles. The van der Waals surface area contributed by atoms with Crippen LogP contribution < -0.4 is 0 Å². The van der Waals surface area contributed by atoms with Crippen LogP contribution in [0.4, 0.5) is 0 Å². The molecule has 0 saturated carbocycles. The highest BCUT2D eigenvalue weighted by molar-refractivity contribution is 6.74. The lowest BCUT2D eigenvalue weighted by atomic mass is 10.0. The van der Waals surface area contributed by atoms with Gasteiger partial charge in [-0.1, -0.05) is 25.9 Å². The second-order valence-corrected chi connectivity index (χ2v) is 13.1. The quantitative estimate of drug-likeness (QED) is 0.235. The van der Waals surface area contributed by atoms with Gasteiger partial charge >= 0.3 is 5.97 Å². The lowest BCUT2D eigenvalue weighted by Crippen LogP contribution is -2.53. The summed E-state index contributed by atoms with van der Waals surface area (Å²) in [6, 6.07) is -0.954. The van der Waals surface area contributed by atoms with Crippen LogP contribution in [0.15, 0.2) is 5.11 Å². The van der Waals surface area contributed by atoms with Gasteiger partial charge in [-0.05, 0) is 37.5 Å². The van der Waals surface area contributed by atoms with Gasteiger partial charge in [-0.3, -0.25) is 0 Å². The zero-order valence-electron chi connectivity index (χ0n) is 16.8. The molecule has 1 saturated heterocycles. The fourth-order valence-electron chi connectivity index (χ4n) is 2.52. The van der Waals surface area contributed by atoms with E-state index in [4.69, 9.17) is 24.2 Å². The number of ether oxygens (including phenoxy) is 3. The molecular formula is C16H31N3O6Si. The molecule has 0 unspecified atom stereocenters. The summed E-state index contributed by atoms with van der Waals surface area (Å²) in [5.41, 5.74) is 9.03.